The molecule has 198 valence electrons. The lowest BCUT2D eigenvalue weighted by Gasteiger charge is -2.26. The maximum atomic E-state index is 13.8. The van der Waals surface area contributed by atoms with Crippen molar-refractivity contribution in [2.75, 3.05) is 32.2 Å². The van der Waals surface area contributed by atoms with E-state index in [2.05, 4.69) is 5.32 Å². The molecule has 0 spiro atoms. The largest absolute Gasteiger partial charge is 0.496 e. The highest BCUT2D eigenvalue weighted by atomic mass is 35.5. The first-order chi connectivity index (χ1) is 17.6. The van der Waals surface area contributed by atoms with Crippen LogP contribution in [0.15, 0.2) is 65.6 Å². The van der Waals surface area contributed by atoms with Gasteiger partial charge >= 0.3 is 0 Å². The topological polar surface area (TPSA) is 94.2 Å². The number of hydrogen-bond donors (Lipinski definition) is 1. The van der Waals surface area contributed by atoms with Gasteiger partial charge in [0.2, 0.25) is 5.91 Å². The van der Waals surface area contributed by atoms with Gasteiger partial charge in [-0.15, -0.1) is 0 Å². The fraction of sp³-hybridized carbons (Fsp3) is 0.296. The number of aryl methyl sites for hydroxylation is 1. The summed E-state index contributed by atoms with van der Waals surface area (Å²) in [4.78, 5) is 13.2. The number of carbonyl (C=O) groups is 1. The van der Waals surface area contributed by atoms with Crippen LogP contribution < -0.4 is 23.8 Å². The van der Waals surface area contributed by atoms with Gasteiger partial charge in [0, 0.05) is 11.1 Å². The number of sulfonamides is 1. The van der Waals surface area contributed by atoms with E-state index in [0.717, 1.165) is 21.2 Å². The maximum absolute atomic E-state index is 13.8. The van der Waals surface area contributed by atoms with Gasteiger partial charge in [0.15, 0.2) is 11.5 Å². The predicted molar refractivity (Wildman–Crippen MR) is 144 cm³/mol. The van der Waals surface area contributed by atoms with Crippen molar-refractivity contribution in [1.82, 2.24) is 5.32 Å². The minimum Gasteiger partial charge on any atom is -0.496 e. The Morgan fingerprint density at radius 1 is 0.919 bits per heavy atom. The van der Waals surface area contributed by atoms with Crippen LogP contribution in [-0.2, 0) is 14.8 Å². The standard InChI is InChI=1S/C27H31ClN2O6S/c1-6-23(19-7-13-24(34-3)18(2)15-19)29-27(31)17-30(21-10-8-20(28)9-11-21)37(32,33)22-12-14-25(35-4)26(16-22)36-5/h7-16,23H,6,17H2,1-5H3,(H,29,31)/t23-/m0/s1. The van der Waals surface area contributed by atoms with E-state index < -0.39 is 22.5 Å². The summed E-state index contributed by atoms with van der Waals surface area (Å²) in [5.41, 5.74) is 2.13. The molecule has 3 rings (SSSR count). The zero-order valence-corrected chi connectivity index (χ0v) is 23.0. The molecule has 0 aliphatic rings. The zero-order chi connectivity index (χ0) is 27.2. The summed E-state index contributed by atoms with van der Waals surface area (Å²) in [6.45, 7) is 3.43. The van der Waals surface area contributed by atoms with Gasteiger partial charge in [-0.05, 0) is 66.9 Å². The molecule has 1 N–H and O–H groups in total. The minimum atomic E-state index is -4.17. The molecule has 0 heterocycles. The summed E-state index contributed by atoms with van der Waals surface area (Å²) >= 11 is 6.03. The number of methoxy groups -OCH3 is 3. The molecule has 1 amide bonds. The lowest BCUT2D eigenvalue weighted by Crippen LogP contribution is -2.42. The molecule has 0 aromatic heterocycles. The predicted octanol–water partition coefficient (Wildman–Crippen LogP) is 5.14. The molecule has 3 aromatic rings. The Kier molecular flexibility index (Phi) is 9.29. The summed E-state index contributed by atoms with van der Waals surface area (Å²) in [5, 5.41) is 3.41. The SMILES string of the molecule is CC[C@H](NC(=O)CN(c1ccc(Cl)cc1)S(=O)(=O)c1ccc(OC)c(OC)c1)c1ccc(OC)c(C)c1. The molecular weight excluding hydrogens is 516 g/mol. The molecule has 0 aliphatic carbocycles. The van der Waals surface area contributed by atoms with Gasteiger partial charge in [0.1, 0.15) is 12.3 Å². The Morgan fingerprint density at radius 3 is 2.11 bits per heavy atom. The van der Waals surface area contributed by atoms with Crippen molar-refractivity contribution >= 4 is 33.2 Å². The minimum absolute atomic E-state index is 0.0503. The Balaban J connectivity index is 1.94. The molecule has 10 heteroatoms. The van der Waals surface area contributed by atoms with Gasteiger partial charge in [0.05, 0.1) is 38.0 Å². The third kappa shape index (κ3) is 6.47. The number of anilines is 1. The van der Waals surface area contributed by atoms with Gasteiger partial charge in [-0.2, -0.15) is 0 Å². The molecule has 3 aromatic carbocycles. The lowest BCUT2D eigenvalue weighted by atomic mass is 10.0. The molecule has 0 saturated heterocycles. The van der Waals surface area contributed by atoms with Crippen LogP contribution in [0, 0.1) is 6.92 Å². The second-order valence-electron chi connectivity index (χ2n) is 8.26. The van der Waals surface area contributed by atoms with E-state index in [1.165, 1.54) is 32.4 Å². The van der Waals surface area contributed by atoms with Crippen LogP contribution >= 0.6 is 11.6 Å². The van der Waals surface area contributed by atoms with Gasteiger partial charge in [-0.25, -0.2) is 8.42 Å². The average Bonchev–Trinajstić information content (AvgIpc) is 2.90. The van der Waals surface area contributed by atoms with E-state index in [4.69, 9.17) is 25.8 Å². The van der Waals surface area contributed by atoms with Crippen molar-refractivity contribution in [2.24, 2.45) is 0 Å². The average molecular weight is 547 g/mol. The number of nitrogens with one attached hydrogen (secondary N) is 1. The second kappa shape index (κ2) is 12.2. The van der Waals surface area contributed by atoms with Crippen LogP contribution in [-0.4, -0.2) is 42.2 Å². The first kappa shape index (κ1) is 28.1. The number of benzene rings is 3. The molecule has 0 unspecified atom stereocenters. The maximum Gasteiger partial charge on any atom is 0.264 e. The van der Waals surface area contributed by atoms with Crippen LogP contribution in [0.5, 0.6) is 17.2 Å². The smallest absolute Gasteiger partial charge is 0.264 e. The lowest BCUT2D eigenvalue weighted by molar-refractivity contribution is -0.120. The van der Waals surface area contributed by atoms with E-state index in [1.807, 2.05) is 32.0 Å². The van der Waals surface area contributed by atoms with E-state index in [0.29, 0.717) is 22.9 Å². The van der Waals surface area contributed by atoms with Crippen molar-refractivity contribution in [1.29, 1.82) is 0 Å². The van der Waals surface area contributed by atoms with Crippen LogP contribution in [0.1, 0.15) is 30.5 Å². The molecule has 0 aliphatic heterocycles. The van der Waals surface area contributed by atoms with Crippen LogP contribution in [0.3, 0.4) is 0 Å². The normalized spacial score (nSPS) is 11.9. The molecular formula is C27H31ClN2O6S. The van der Waals surface area contributed by atoms with Crippen molar-refractivity contribution < 1.29 is 27.4 Å². The summed E-state index contributed by atoms with van der Waals surface area (Å²) in [7, 11) is 0.321. The van der Waals surface area contributed by atoms with Crippen LogP contribution in [0.4, 0.5) is 5.69 Å². The molecule has 0 saturated carbocycles. The van der Waals surface area contributed by atoms with Gasteiger partial charge < -0.3 is 19.5 Å². The van der Waals surface area contributed by atoms with E-state index in [9.17, 15) is 13.2 Å². The first-order valence-electron chi connectivity index (χ1n) is 11.6. The number of amides is 1. The summed E-state index contributed by atoms with van der Waals surface area (Å²) in [5.74, 6) is 0.932. The van der Waals surface area contributed by atoms with E-state index in [-0.39, 0.29) is 16.7 Å². The highest BCUT2D eigenvalue weighted by Crippen LogP contribution is 2.32. The van der Waals surface area contributed by atoms with Crippen molar-refractivity contribution in [3.63, 3.8) is 0 Å². The Bertz CT molecular complexity index is 1350. The zero-order valence-electron chi connectivity index (χ0n) is 21.4. The van der Waals surface area contributed by atoms with Crippen LogP contribution in [0.2, 0.25) is 5.02 Å². The second-order valence-corrected chi connectivity index (χ2v) is 10.6. The Hall–Kier alpha value is -3.43. The summed E-state index contributed by atoms with van der Waals surface area (Å²) in [6, 6.07) is 15.9. The van der Waals surface area contributed by atoms with Gasteiger partial charge in [-0.1, -0.05) is 30.7 Å². The monoisotopic (exact) mass is 546 g/mol. The highest BCUT2D eigenvalue weighted by molar-refractivity contribution is 7.92. The van der Waals surface area contributed by atoms with Crippen molar-refractivity contribution in [2.45, 2.75) is 31.2 Å². The highest BCUT2D eigenvalue weighted by Gasteiger charge is 2.29. The molecule has 0 radical (unpaired) electrons. The molecule has 0 bridgehead atoms. The number of ether oxygens (including phenoxy) is 3. The molecule has 1 atom stereocenters. The molecule has 8 nitrogen and oxygen atoms in total. The molecule has 37 heavy (non-hydrogen) atoms. The van der Waals surface area contributed by atoms with Crippen molar-refractivity contribution in [3.8, 4) is 17.2 Å². The number of hydrogen-bond acceptors (Lipinski definition) is 6. The van der Waals surface area contributed by atoms with Gasteiger partial charge in [0.25, 0.3) is 10.0 Å². The third-order valence-electron chi connectivity index (χ3n) is 5.91. The van der Waals surface area contributed by atoms with Gasteiger partial charge in [-0.3, -0.25) is 9.10 Å². The van der Waals surface area contributed by atoms with Crippen molar-refractivity contribution in [3.05, 3.63) is 76.8 Å². The third-order valence-corrected chi connectivity index (χ3v) is 7.93. The fourth-order valence-corrected chi connectivity index (χ4v) is 5.50. The summed E-state index contributed by atoms with van der Waals surface area (Å²) < 4.78 is 44.4. The van der Waals surface area contributed by atoms with E-state index in [1.54, 1.807) is 31.4 Å². The number of nitrogens with zero attached hydrogens (tertiary/aromatic N) is 1. The Labute approximate surface area is 223 Å². The summed E-state index contributed by atoms with van der Waals surface area (Å²) in [6.07, 6.45) is 0.612. The first-order valence-corrected chi connectivity index (χ1v) is 13.4. The Morgan fingerprint density at radius 2 is 1.54 bits per heavy atom. The number of halogens is 1. The quantitative estimate of drug-likeness (QED) is 0.358. The fourth-order valence-electron chi connectivity index (χ4n) is 3.94. The number of carbonyl (C=O) groups excluding carboxylic acids is 1. The van der Waals surface area contributed by atoms with Crippen LogP contribution in [0.25, 0.3) is 0 Å². The van der Waals surface area contributed by atoms with E-state index >= 15 is 0 Å². The number of rotatable bonds is 11. The molecule has 0 fully saturated rings.